The second-order valence-electron chi connectivity index (χ2n) is 5.39. The topological polar surface area (TPSA) is 101 Å². The molecule has 0 fully saturated rings. The Hall–Kier alpha value is -2.79. The van der Waals surface area contributed by atoms with Crippen LogP contribution in [0.2, 0.25) is 0 Å². The summed E-state index contributed by atoms with van der Waals surface area (Å²) in [7, 11) is 1.32. The summed E-state index contributed by atoms with van der Waals surface area (Å²) in [4.78, 5) is 25.1. The summed E-state index contributed by atoms with van der Waals surface area (Å²) >= 11 is 0. The van der Waals surface area contributed by atoms with Crippen LogP contribution in [0, 0.1) is 6.92 Å². The maximum Gasteiger partial charge on any atom is 0.435 e. The Bertz CT molecular complexity index is 848. The van der Waals surface area contributed by atoms with Crippen LogP contribution in [0.15, 0.2) is 4.79 Å². The van der Waals surface area contributed by atoms with Crippen molar-refractivity contribution in [2.24, 2.45) is 7.05 Å². The number of nitrogens with zero attached hydrogens (tertiary/aromatic N) is 5. The number of carbonyl (C=O) groups excluding carboxylic acids is 1. The third-order valence-electron chi connectivity index (χ3n) is 3.83. The van der Waals surface area contributed by atoms with Gasteiger partial charge in [-0.25, -0.2) is 14.7 Å². The van der Waals surface area contributed by atoms with E-state index < -0.39 is 17.9 Å². The predicted octanol–water partition coefficient (Wildman–Crippen LogP) is 0.680. The highest BCUT2D eigenvalue weighted by Gasteiger charge is 2.38. The van der Waals surface area contributed by atoms with E-state index in [2.05, 4.69) is 20.6 Å². The number of fused-ring (bicyclic) bond motifs is 1. The van der Waals surface area contributed by atoms with Crippen LogP contribution in [0.4, 0.5) is 23.8 Å². The Labute approximate surface area is 133 Å². The van der Waals surface area contributed by atoms with Gasteiger partial charge in [0.2, 0.25) is 0 Å². The van der Waals surface area contributed by atoms with Crippen molar-refractivity contribution in [3.05, 3.63) is 27.6 Å². The quantitative estimate of drug-likeness (QED) is 0.794. The molecule has 12 heteroatoms. The number of halogens is 3. The molecule has 0 atom stereocenters. The van der Waals surface area contributed by atoms with Gasteiger partial charge in [-0.15, -0.1) is 0 Å². The first-order valence-corrected chi connectivity index (χ1v) is 6.99. The molecule has 0 aromatic carbocycles. The van der Waals surface area contributed by atoms with Gasteiger partial charge >= 0.3 is 17.9 Å². The molecule has 0 aliphatic carbocycles. The average Bonchev–Trinajstić information content (AvgIpc) is 3.01. The fourth-order valence-electron chi connectivity index (χ4n) is 2.60. The molecule has 0 radical (unpaired) electrons. The predicted molar refractivity (Wildman–Crippen MR) is 75.2 cm³/mol. The van der Waals surface area contributed by atoms with Gasteiger partial charge in [0.05, 0.1) is 6.54 Å². The van der Waals surface area contributed by atoms with E-state index in [9.17, 15) is 22.8 Å². The number of nitrogens with one attached hydrogen (secondary N) is 2. The van der Waals surface area contributed by atoms with E-state index in [4.69, 9.17) is 0 Å². The van der Waals surface area contributed by atoms with Gasteiger partial charge < -0.3 is 4.90 Å². The highest BCUT2D eigenvalue weighted by molar-refractivity contribution is 5.89. The molecule has 3 heterocycles. The molecule has 0 bridgehead atoms. The molecule has 9 nitrogen and oxygen atoms in total. The lowest BCUT2D eigenvalue weighted by Crippen LogP contribution is -2.43. The number of hydrogen-bond acceptors (Lipinski definition) is 4. The zero-order valence-corrected chi connectivity index (χ0v) is 12.8. The Morgan fingerprint density at radius 2 is 2.04 bits per heavy atom. The number of rotatable bonds is 1. The molecule has 3 rings (SSSR count). The standard InChI is InChI=1S/C12H14F3N7O2/c1-6-8(12(13,14)15)19-20(2)9(6)16-10(23)21-3-4-22-7(5-21)17-18-11(22)24/h3-5H2,1-2H3,(H,16,23)(H,18,24). The van der Waals surface area contributed by atoms with Gasteiger partial charge in [-0.05, 0) is 6.92 Å². The number of aryl methyl sites for hydroxylation is 1. The highest BCUT2D eigenvalue weighted by Crippen LogP contribution is 2.33. The number of amides is 2. The molecular weight excluding hydrogens is 331 g/mol. The van der Waals surface area contributed by atoms with Crippen LogP contribution in [-0.2, 0) is 26.3 Å². The minimum absolute atomic E-state index is 0.0303. The van der Waals surface area contributed by atoms with Crippen molar-refractivity contribution in [3.8, 4) is 0 Å². The van der Waals surface area contributed by atoms with Gasteiger partial charge in [-0.3, -0.25) is 14.6 Å². The van der Waals surface area contributed by atoms with Gasteiger partial charge in [0.15, 0.2) is 11.5 Å². The van der Waals surface area contributed by atoms with E-state index in [1.54, 1.807) is 0 Å². The molecule has 0 saturated carbocycles. The molecular formula is C12H14F3N7O2. The van der Waals surface area contributed by atoms with Crippen molar-refractivity contribution in [1.29, 1.82) is 0 Å². The minimum atomic E-state index is -4.60. The van der Waals surface area contributed by atoms with Gasteiger partial charge in [-0.2, -0.15) is 23.4 Å². The van der Waals surface area contributed by atoms with E-state index in [1.165, 1.54) is 23.4 Å². The summed E-state index contributed by atoms with van der Waals surface area (Å²) in [6, 6.07) is -0.587. The van der Waals surface area contributed by atoms with Crippen molar-refractivity contribution in [1.82, 2.24) is 29.4 Å². The molecule has 2 N–H and O–H groups in total. The maximum absolute atomic E-state index is 12.9. The van der Waals surface area contributed by atoms with E-state index in [0.29, 0.717) is 5.82 Å². The number of hydrogen-bond donors (Lipinski definition) is 2. The van der Waals surface area contributed by atoms with Crippen LogP contribution < -0.4 is 11.0 Å². The largest absolute Gasteiger partial charge is 0.435 e. The molecule has 2 aromatic rings. The second-order valence-corrected chi connectivity index (χ2v) is 5.39. The summed E-state index contributed by atoms with van der Waals surface area (Å²) in [6.07, 6.45) is -4.60. The summed E-state index contributed by atoms with van der Waals surface area (Å²) in [5, 5.41) is 11.9. The van der Waals surface area contributed by atoms with Crippen LogP contribution in [0.25, 0.3) is 0 Å². The van der Waals surface area contributed by atoms with Crippen molar-refractivity contribution in [3.63, 3.8) is 0 Å². The first-order chi connectivity index (χ1) is 11.2. The molecule has 2 aromatic heterocycles. The van der Waals surface area contributed by atoms with Crippen LogP contribution in [0.5, 0.6) is 0 Å². The number of carbonyl (C=O) groups is 1. The number of aromatic nitrogens is 5. The lowest BCUT2D eigenvalue weighted by atomic mass is 10.2. The number of anilines is 1. The first-order valence-electron chi connectivity index (χ1n) is 6.99. The Kier molecular flexibility index (Phi) is 3.61. The molecule has 2 amide bonds. The van der Waals surface area contributed by atoms with E-state index in [0.717, 1.165) is 4.68 Å². The van der Waals surface area contributed by atoms with E-state index >= 15 is 0 Å². The monoisotopic (exact) mass is 345 g/mol. The van der Waals surface area contributed by atoms with E-state index in [1.807, 2.05) is 0 Å². The molecule has 1 aliphatic rings. The van der Waals surface area contributed by atoms with Crippen molar-refractivity contribution >= 4 is 11.8 Å². The average molecular weight is 345 g/mol. The summed E-state index contributed by atoms with van der Waals surface area (Å²) < 4.78 is 41.0. The second kappa shape index (κ2) is 5.39. The molecule has 0 unspecified atom stereocenters. The molecule has 1 aliphatic heterocycles. The number of urea groups is 1. The van der Waals surface area contributed by atoms with Crippen LogP contribution in [0.1, 0.15) is 17.1 Å². The van der Waals surface area contributed by atoms with Gasteiger partial charge in [-0.1, -0.05) is 0 Å². The SMILES string of the molecule is Cc1c(C(F)(F)F)nn(C)c1NC(=O)N1CCn2c(n[nH]c2=O)C1. The third-order valence-corrected chi connectivity index (χ3v) is 3.83. The van der Waals surface area contributed by atoms with Crippen LogP contribution in [-0.4, -0.2) is 42.0 Å². The van der Waals surface area contributed by atoms with Crippen molar-refractivity contribution < 1.29 is 18.0 Å². The number of H-pyrrole nitrogens is 1. The number of alkyl halides is 3. The normalized spacial score (nSPS) is 14.6. The Morgan fingerprint density at radius 3 is 2.67 bits per heavy atom. The summed E-state index contributed by atoms with van der Waals surface area (Å²) in [5.41, 5.74) is -1.56. The van der Waals surface area contributed by atoms with E-state index in [-0.39, 0.29) is 36.7 Å². The number of aromatic amines is 1. The summed E-state index contributed by atoms with van der Waals surface area (Å²) in [6.45, 7) is 1.82. The zero-order valence-electron chi connectivity index (χ0n) is 12.8. The van der Waals surface area contributed by atoms with Crippen molar-refractivity contribution in [2.75, 3.05) is 11.9 Å². The van der Waals surface area contributed by atoms with Crippen LogP contribution in [0.3, 0.4) is 0 Å². The first kappa shape index (κ1) is 16.1. The highest BCUT2D eigenvalue weighted by atomic mass is 19.4. The Balaban J connectivity index is 1.79. The molecule has 130 valence electrons. The minimum Gasteiger partial charge on any atom is -0.315 e. The Morgan fingerprint density at radius 1 is 1.33 bits per heavy atom. The fraction of sp³-hybridized carbons (Fsp3) is 0.500. The lowest BCUT2D eigenvalue weighted by Gasteiger charge is -2.26. The van der Waals surface area contributed by atoms with Gasteiger partial charge in [0.25, 0.3) is 0 Å². The zero-order chi connectivity index (χ0) is 17.6. The fourth-order valence-corrected chi connectivity index (χ4v) is 2.60. The maximum atomic E-state index is 12.9. The van der Waals surface area contributed by atoms with Crippen LogP contribution >= 0.6 is 0 Å². The van der Waals surface area contributed by atoms with Gasteiger partial charge in [0.1, 0.15) is 5.82 Å². The summed E-state index contributed by atoms with van der Waals surface area (Å²) in [5.74, 6) is 0.358. The molecule has 0 saturated heterocycles. The van der Waals surface area contributed by atoms with Crippen molar-refractivity contribution in [2.45, 2.75) is 26.2 Å². The molecule has 24 heavy (non-hydrogen) atoms. The lowest BCUT2D eigenvalue weighted by molar-refractivity contribution is -0.141. The van der Waals surface area contributed by atoms with Gasteiger partial charge in [0, 0.05) is 25.7 Å². The smallest absolute Gasteiger partial charge is 0.315 e. The third kappa shape index (κ3) is 2.63. The molecule has 0 spiro atoms.